The van der Waals surface area contributed by atoms with Crippen molar-refractivity contribution in [3.63, 3.8) is 0 Å². The number of carbonyl (C=O) groups excluding carboxylic acids is 1. The molecule has 0 bridgehead atoms. The molecule has 1 saturated carbocycles. The number of benzene rings is 2. The first-order valence-electron chi connectivity index (χ1n) is 9.55. The highest BCUT2D eigenvalue weighted by Gasteiger charge is 2.63. The third-order valence-electron chi connectivity index (χ3n) is 6.18. The average molecular weight is 365 g/mol. The highest BCUT2D eigenvalue weighted by atomic mass is 16.5. The Morgan fingerprint density at radius 1 is 1.11 bits per heavy atom. The summed E-state index contributed by atoms with van der Waals surface area (Å²) in [6.07, 6.45) is 1.11. The zero-order chi connectivity index (χ0) is 19.1. The number of ether oxygens (including phenoxy) is 2. The van der Waals surface area contributed by atoms with E-state index >= 15 is 0 Å². The predicted octanol–water partition coefficient (Wildman–Crippen LogP) is 4.61. The van der Waals surface area contributed by atoms with Crippen molar-refractivity contribution in [2.75, 3.05) is 26.8 Å². The van der Waals surface area contributed by atoms with Crippen molar-refractivity contribution in [3.8, 4) is 11.5 Å². The van der Waals surface area contributed by atoms with Gasteiger partial charge in [0.1, 0.15) is 11.5 Å². The molecule has 2 fully saturated rings. The van der Waals surface area contributed by atoms with Gasteiger partial charge in [0.25, 0.3) is 5.91 Å². The number of rotatable bonds is 5. The number of methoxy groups -OCH3 is 1. The fourth-order valence-electron chi connectivity index (χ4n) is 5.26. The summed E-state index contributed by atoms with van der Waals surface area (Å²) in [7, 11) is 1.76. The molecule has 1 aliphatic carbocycles. The molecule has 4 nitrogen and oxygen atoms in total. The van der Waals surface area contributed by atoms with Crippen molar-refractivity contribution in [2.24, 2.45) is 16.7 Å². The molecule has 2 aliphatic rings. The number of fused-ring (bicyclic) bond motifs is 1. The normalized spacial score (nSPS) is 25.6. The van der Waals surface area contributed by atoms with Gasteiger partial charge in [0.15, 0.2) is 0 Å². The lowest BCUT2D eigenvalue weighted by atomic mass is 9.48. The number of hydrogen-bond donors (Lipinski definition) is 0. The molecule has 4 rings (SSSR count). The Labute approximate surface area is 161 Å². The standard InChI is InChI=1S/C23H27NO3/c1-22(2)14-23(16-26-3)15-24(13-20(22)23)21(25)17-8-7-11-19(12-17)27-18-9-5-4-6-10-18/h4-12,20H,13-16H2,1-3H3/t20-,23-/m1/s1. The zero-order valence-corrected chi connectivity index (χ0v) is 16.3. The molecule has 0 spiro atoms. The molecule has 1 aliphatic heterocycles. The van der Waals surface area contributed by atoms with Gasteiger partial charge in [-0.1, -0.05) is 38.1 Å². The molecule has 0 radical (unpaired) electrons. The van der Waals surface area contributed by atoms with Crippen LogP contribution in [0.5, 0.6) is 11.5 Å². The maximum atomic E-state index is 13.2. The first-order valence-corrected chi connectivity index (χ1v) is 9.55. The maximum absolute atomic E-state index is 13.2. The summed E-state index contributed by atoms with van der Waals surface area (Å²) >= 11 is 0. The van der Waals surface area contributed by atoms with E-state index < -0.39 is 0 Å². The maximum Gasteiger partial charge on any atom is 0.254 e. The third-order valence-corrected chi connectivity index (χ3v) is 6.18. The van der Waals surface area contributed by atoms with E-state index in [2.05, 4.69) is 13.8 Å². The number of nitrogens with zero attached hydrogens (tertiary/aromatic N) is 1. The largest absolute Gasteiger partial charge is 0.457 e. The number of carbonyl (C=O) groups is 1. The van der Waals surface area contributed by atoms with E-state index in [4.69, 9.17) is 9.47 Å². The van der Waals surface area contributed by atoms with Crippen LogP contribution < -0.4 is 4.74 Å². The van der Waals surface area contributed by atoms with Gasteiger partial charge in [-0.25, -0.2) is 0 Å². The van der Waals surface area contributed by atoms with Gasteiger partial charge in [0.2, 0.25) is 0 Å². The molecule has 0 aromatic heterocycles. The Morgan fingerprint density at radius 3 is 2.56 bits per heavy atom. The van der Waals surface area contributed by atoms with Gasteiger partial charge in [-0.15, -0.1) is 0 Å². The molecule has 2 aromatic rings. The van der Waals surface area contributed by atoms with Crippen LogP contribution in [-0.4, -0.2) is 37.6 Å². The van der Waals surface area contributed by atoms with Crippen molar-refractivity contribution in [3.05, 3.63) is 60.2 Å². The van der Waals surface area contributed by atoms with E-state index in [0.29, 0.717) is 17.2 Å². The lowest BCUT2D eigenvalue weighted by Crippen LogP contribution is -2.55. The molecule has 27 heavy (non-hydrogen) atoms. The van der Waals surface area contributed by atoms with Crippen LogP contribution in [0.2, 0.25) is 0 Å². The first kappa shape index (κ1) is 18.1. The van der Waals surface area contributed by atoms with Crippen molar-refractivity contribution in [1.82, 2.24) is 4.90 Å². The molecule has 0 unspecified atom stereocenters. The van der Waals surface area contributed by atoms with Crippen molar-refractivity contribution >= 4 is 5.91 Å². The van der Waals surface area contributed by atoms with Crippen LogP contribution in [0.3, 0.4) is 0 Å². The van der Waals surface area contributed by atoms with Gasteiger partial charge in [-0.05, 0) is 48.1 Å². The Balaban J connectivity index is 1.51. The summed E-state index contributed by atoms with van der Waals surface area (Å²) in [4.78, 5) is 15.2. The molecular formula is C23H27NO3. The van der Waals surface area contributed by atoms with E-state index in [9.17, 15) is 4.79 Å². The van der Waals surface area contributed by atoms with Crippen LogP contribution in [0.1, 0.15) is 30.6 Å². The van der Waals surface area contributed by atoms with Crippen LogP contribution in [0.25, 0.3) is 0 Å². The van der Waals surface area contributed by atoms with Crippen LogP contribution in [0, 0.1) is 16.7 Å². The van der Waals surface area contributed by atoms with Crippen molar-refractivity contribution < 1.29 is 14.3 Å². The molecule has 2 atom stereocenters. The number of hydrogen-bond acceptors (Lipinski definition) is 3. The summed E-state index contributed by atoms with van der Waals surface area (Å²) in [5.74, 6) is 2.02. The summed E-state index contributed by atoms with van der Waals surface area (Å²) < 4.78 is 11.4. The summed E-state index contributed by atoms with van der Waals surface area (Å²) in [6, 6.07) is 17.1. The van der Waals surface area contributed by atoms with Crippen LogP contribution in [0.15, 0.2) is 54.6 Å². The van der Waals surface area contributed by atoms with Gasteiger partial charge in [-0.2, -0.15) is 0 Å². The molecule has 4 heteroatoms. The van der Waals surface area contributed by atoms with E-state index in [1.165, 1.54) is 0 Å². The SMILES string of the molecule is COC[C@@]12CN(C(=O)c3cccc(Oc4ccccc4)c3)C[C@@H]1C(C)(C)C2. The molecule has 142 valence electrons. The molecule has 0 N–H and O–H groups in total. The smallest absolute Gasteiger partial charge is 0.254 e. The summed E-state index contributed by atoms with van der Waals surface area (Å²) in [5, 5.41) is 0. The van der Waals surface area contributed by atoms with E-state index in [-0.39, 0.29) is 16.7 Å². The minimum atomic E-state index is 0.0780. The Bertz CT molecular complexity index is 833. The van der Waals surface area contributed by atoms with Gasteiger partial charge in [0, 0.05) is 31.2 Å². The quantitative estimate of drug-likeness (QED) is 0.776. The molecule has 2 aromatic carbocycles. The molecular weight excluding hydrogens is 338 g/mol. The zero-order valence-electron chi connectivity index (χ0n) is 16.3. The fourth-order valence-corrected chi connectivity index (χ4v) is 5.26. The van der Waals surface area contributed by atoms with Crippen molar-refractivity contribution in [1.29, 1.82) is 0 Å². The minimum absolute atomic E-state index is 0.0780. The van der Waals surface area contributed by atoms with Gasteiger partial charge in [-0.3, -0.25) is 4.79 Å². The van der Waals surface area contributed by atoms with Gasteiger partial charge < -0.3 is 14.4 Å². The van der Waals surface area contributed by atoms with Gasteiger partial charge in [0.05, 0.1) is 6.61 Å². The van der Waals surface area contributed by atoms with Gasteiger partial charge >= 0.3 is 0 Å². The van der Waals surface area contributed by atoms with E-state index in [0.717, 1.165) is 31.9 Å². The highest BCUT2D eigenvalue weighted by molar-refractivity contribution is 5.95. The Hall–Kier alpha value is -2.33. The Kier molecular flexibility index (Phi) is 4.47. The average Bonchev–Trinajstić information content (AvgIpc) is 2.97. The lowest BCUT2D eigenvalue weighted by molar-refractivity contribution is -0.107. The summed E-state index contributed by atoms with van der Waals surface area (Å²) in [5.41, 5.74) is 1.06. The topological polar surface area (TPSA) is 38.8 Å². The van der Waals surface area contributed by atoms with Crippen molar-refractivity contribution in [2.45, 2.75) is 20.3 Å². The number of likely N-dealkylation sites (tertiary alicyclic amines) is 1. The molecule has 1 saturated heterocycles. The minimum Gasteiger partial charge on any atom is -0.457 e. The van der Waals surface area contributed by atoms with Crippen LogP contribution in [0.4, 0.5) is 0 Å². The highest BCUT2D eigenvalue weighted by Crippen LogP contribution is 2.62. The van der Waals surface area contributed by atoms with E-state index in [1.54, 1.807) is 7.11 Å². The third kappa shape index (κ3) is 3.23. The lowest BCUT2D eigenvalue weighted by Gasteiger charge is -2.56. The van der Waals surface area contributed by atoms with Crippen LogP contribution >= 0.6 is 0 Å². The number of para-hydroxylation sites is 1. The Morgan fingerprint density at radius 2 is 1.85 bits per heavy atom. The second-order valence-electron chi connectivity index (χ2n) is 8.64. The first-order chi connectivity index (χ1) is 12.9. The van der Waals surface area contributed by atoms with E-state index in [1.807, 2.05) is 59.5 Å². The number of amides is 1. The van der Waals surface area contributed by atoms with Crippen LogP contribution in [-0.2, 0) is 4.74 Å². The predicted molar refractivity (Wildman–Crippen MR) is 105 cm³/mol. The monoisotopic (exact) mass is 365 g/mol. The molecule has 1 heterocycles. The second-order valence-corrected chi connectivity index (χ2v) is 8.64. The molecule has 1 amide bonds. The second kappa shape index (κ2) is 6.68. The summed E-state index contributed by atoms with van der Waals surface area (Å²) in [6.45, 7) is 6.90. The fraction of sp³-hybridized carbons (Fsp3) is 0.435.